The minimum atomic E-state index is -2.93. The van der Waals surface area contributed by atoms with Crippen LogP contribution in [0, 0.1) is 5.92 Å². The molecule has 3 unspecified atom stereocenters. The van der Waals surface area contributed by atoms with E-state index < -0.39 is 15.9 Å². The minimum absolute atomic E-state index is 0.112. The van der Waals surface area contributed by atoms with Crippen LogP contribution < -0.4 is 0 Å². The number of benzene rings is 1. The van der Waals surface area contributed by atoms with Crippen molar-refractivity contribution in [2.75, 3.05) is 11.5 Å². The third kappa shape index (κ3) is 3.37. The van der Waals surface area contributed by atoms with E-state index in [1.165, 1.54) is 5.56 Å². The molecule has 1 fully saturated rings. The van der Waals surface area contributed by atoms with Crippen LogP contribution in [0.2, 0.25) is 0 Å². The summed E-state index contributed by atoms with van der Waals surface area (Å²) < 4.78 is 22.9. The number of sulfone groups is 1. The first kappa shape index (κ1) is 14.5. The molecule has 0 aliphatic carbocycles. The molecule has 0 saturated carbocycles. The summed E-state index contributed by atoms with van der Waals surface area (Å²) in [6.45, 7) is 4.33. The third-order valence-electron chi connectivity index (χ3n) is 4.17. The Morgan fingerprint density at radius 2 is 1.84 bits per heavy atom. The highest BCUT2D eigenvalue weighted by Gasteiger charge is 2.33. The van der Waals surface area contributed by atoms with Gasteiger partial charge in [-0.15, -0.1) is 0 Å². The van der Waals surface area contributed by atoms with E-state index in [-0.39, 0.29) is 17.4 Å². The van der Waals surface area contributed by atoms with Gasteiger partial charge < -0.3 is 5.11 Å². The Morgan fingerprint density at radius 1 is 1.26 bits per heavy atom. The zero-order valence-electron chi connectivity index (χ0n) is 11.5. The highest BCUT2D eigenvalue weighted by atomic mass is 32.2. The maximum absolute atomic E-state index is 11.4. The zero-order valence-corrected chi connectivity index (χ0v) is 12.4. The number of aliphatic hydroxyl groups is 1. The molecule has 19 heavy (non-hydrogen) atoms. The van der Waals surface area contributed by atoms with Crippen molar-refractivity contribution in [3.05, 3.63) is 35.4 Å². The molecule has 2 rings (SSSR count). The van der Waals surface area contributed by atoms with Gasteiger partial charge in [0, 0.05) is 5.92 Å². The Labute approximate surface area is 115 Å². The van der Waals surface area contributed by atoms with Gasteiger partial charge >= 0.3 is 0 Å². The molecule has 1 aliphatic heterocycles. The van der Waals surface area contributed by atoms with Crippen molar-refractivity contribution in [3.8, 4) is 0 Å². The van der Waals surface area contributed by atoms with Gasteiger partial charge in [-0.2, -0.15) is 0 Å². The molecular formula is C15H22O3S. The molecule has 3 atom stereocenters. The van der Waals surface area contributed by atoms with Crippen LogP contribution in [0.4, 0.5) is 0 Å². The smallest absolute Gasteiger partial charge is 0.150 e. The molecule has 0 radical (unpaired) electrons. The summed E-state index contributed by atoms with van der Waals surface area (Å²) in [7, 11) is -2.93. The van der Waals surface area contributed by atoms with Crippen LogP contribution in [-0.2, 0) is 9.84 Å². The topological polar surface area (TPSA) is 54.4 Å². The van der Waals surface area contributed by atoms with E-state index in [9.17, 15) is 13.5 Å². The van der Waals surface area contributed by atoms with Crippen LogP contribution in [0.25, 0.3) is 0 Å². The van der Waals surface area contributed by atoms with E-state index in [4.69, 9.17) is 0 Å². The molecule has 1 aromatic rings. The van der Waals surface area contributed by atoms with E-state index in [1.807, 2.05) is 24.3 Å². The van der Waals surface area contributed by atoms with E-state index in [0.29, 0.717) is 12.3 Å². The minimum Gasteiger partial charge on any atom is -0.388 e. The highest BCUT2D eigenvalue weighted by Crippen LogP contribution is 2.32. The highest BCUT2D eigenvalue weighted by molar-refractivity contribution is 7.91. The maximum Gasteiger partial charge on any atom is 0.150 e. The molecular weight excluding hydrogens is 260 g/mol. The lowest BCUT2D eigenvalue weighted by Crippen LogP contribution is -2.14. The van der Waals surface area contributed by atoms with Crippen molar-refractivity contribution in [2.24, 2.45) is 5.92 Å². The Hall–Kier alpha value is -0.870. The summed E-state index contributed by atoms with van der Waals surface area (Å²) >= 11 is 0. The van der Waals surface area contributed by atoms with Crippen LogP contribution in [-0.4, -0.2) is 25.0 Å². The molecule has 0 aromatic heterocycles. The van der Waals surface area contributed by atoms with Gasteiger partial charge in [-0.05, 0) is 29.9 Å². The number of hydrogen-bond acceptors (Lipinski definition) is 3. The number of rotatable bonds is 4. The van der Waals surface area contributed by atoms with Crippen LogP contribution in [0.1, 0.15) is 49.8 Å². The fraction of sp³-hybridized carbons (Fsp3) is 0.600. The summed E-state index contributed by atoms with van der Waals surface area (Å²) in [5, 5.41) is 10.3. The quantitative estimate of drug-likeness (QED) is 0.923. The van der Waals surface area contributed by atoms with Gasteiger partial charge in [0.15, 0.2) is 9.84 Å². The Kier molecular flexibility index (Phi) is 4.31. The molecule has 4 heteroatoms. The van der Waals surface area contributed by atoms with Crippen molar-refractivity contribution in [1.29, 1.82) is 0 Å². The Bertz CT molecular complexity index is 519. The molecule has 1 N–H and O–H groups in total. The summed E-state index contributed by atoms with van der Waals surface area (Å²) in [6.07, 6.45) is 0.989. The summed E-state index contributed by atoms with van der Waals surface area (Å²) in [5.74, 6) is 0.679. The number of hydrogen-bond donors (Lipinski definition) is 1. The predicted octanol–water partition coefficient (Wildman–Crippen LogP) is 2.67. The number of aliphatic hydroxyl groups excluding tert-OH is 1. The predicted molar refractivity (Wildman–Crippen MR) is 76.9 cm³/mol. The monoisotopic (exact) mass is 282 g/mol. The summed E-state index contributed by atoms with van der Waals surface area (Å²) in [4.78, 5) is 0. The molecule has 1 heterocycles. The van der Waals surface area contributed by atoms with E-state index in [2.05, 4.69) is 13.8 Å². The van der Waals surface area contributed by atoms with Crippen LogP contribution >= 0.6 is 0 Å². The fourth-order valence-electron chi connectivity index (χ4n) is 2.60. The van der Waals surface area contributed by atoms with Crippen molar-refractivity contribution in [1.82, 2.24) is 0 Å². The molecule has 0 amide bonds. The van der Waals surface area contributed by atoms with Gasteiger partial charge in [-0.3, -0.25) is 0 Å². The van der Waals surface area contributed by atoms with E-state index >= 15 is 0 Å². The van der Waals surface area contributed by atoms with Crippen molar-refractivity contribution in [3.63, 3.8) is 0 Å². The Morgan fingerprint density at radius 3 is 2.32 bits per heavy atom. The lowest BCUT2D eigenvalue weighted by Gasteiger charge is -2.18. The first-order valence-corrected chi connectivity index (χ1v) is 8.73. The maximum atomic E-state index is 11.4. The first-order valence-electron chi connectivity index (χ1n) is 6.91. The molecule has 106 valence electrons. The van der Waals surface area contributed by atoms with Gasteiger partial charge in [0.1, 0.15) is 0 Å². The van der Waals surface area contributed by atoms with Gasteiger partial charge in [-0.1, -0.05) is 38.1 Å². The molecule has 0 bridgehead atoms. The van der Waals surface area contributed by atoms with Gasteiger partial charge in [0.05, 0.1) is 17.6 Å². The average molecular weight is 282 g/mol. The van der Waals surface area contributed by atoms with E-state index in [1.54, 1.807) is 0 Å². The lowest BCUT2D eigenvalue weighted by molar-refractivity contribution is 0.121. The molecule has 1 aliphatic rings. The average Bonchev–Trinajstić information content (AvgIpc) is 2.77. The Balaban J connectivity index is 2.10. The second-order valence-electron chi connectivity index (χ2n) is 5.58. The van der Waals surface area contributed by atoms with Crippen molar-refractivity contribution in [2.45, 2.75) is 38.7 Å². The molecule has 1 aromatic carbocycles. The van der Waals surface area contributed by atoms with Crippen molar-refractivity contribution < 1.29 is 13.5 Å². The molecule has 0 spiro atoms. The van der Waals surface area contributed by atoms with Gasteiger partial charge in [-0.25, -0.2) is 8.42 Å². The van der Waals surface area contributed by atoms with Crippen LogP contribution in [0.5, 0.6) is 0 Å². The normalized spacial score (nSPS) is 25.1. The second kappa shape index (κ2) is 5.63. The van der Waals surface area contributed by atoms with Gasteiger partial charge in [0.25, 0.3) is 0 Å². The summed E-state index contributed by atoms with van der Waals surface area (Å²) in [6, 6.07) is 7.93. The lowest BCUT2D eigenvalue weighted by atomic mass is 9.92. The SMILES string of the molecule is CCC(C)c1ccc(C(O)C2CCS(=O)(=O)C2)cc1. The largest absolute Gasteiger partial charge is 0.388 e. The molecule has 3 nitrogen and oxygen atoms in total. The van der Waals surface area contributed by atoms with Crippen molar-refractivity contribution >= 4 is 9.84 Å². The standard InChI is InChI=1S/C15H22O3S/c1-3-11(2)12-4-6-13(7-5-12)15(16)14-8-9-19(17,18)10-14/h4-7,11,14-16H,3,8-10H2,1-2H3. The van der Waals surface area contributed by atoms with Crippen LogP contribution in [0.15, 0.2) is 24.3 Å². The van der Waals surface area contributed by atoms with Crippen LogP contribution in [0.3, 0.4) is 0 Å². The summed E-state index contributed by atoms with van der Waals surface area (Å²) in [5.41, 5.74) is 2.09. The first-order chi connectivity index (χ1) is 8.93. The fourth-order valence-corrected chi connectivity index (χ4v) is 4.43. The third-order valence-corrected chi connectivity index (χ3v) is 5.97. The van der Waals surface area contributed by atoms with E-state index in [0.717, 1.165) is 12.0 Å². The second-order valence-corrected chi connectivity index (χ2v) is 7.81. The van der Waals surface area contributed by atoms with Gasteiger partial charge in [0.2, 0.25) is 0 Å². The molecule has 1 saturated heterocycles. The zero-order chi connectivity index (χ0) is 14.0.